The van der Waals surface area contributed by atoms with E-state index in [4.69, 9.17) is 0 Å². The minimum Gasteiger partial charge on any atom is -0.354 e. The van der Waals surface area contributed by atoms with Crippen LogP contribution in [0.3, 0.4) is 0 Å². The maximum Gasteiger partial charge on any atom is 0.224 e. The van der Waals surface area contributed by atoms with E-state index in [1.165, 1.54) is 19.3 Å². The molecule has 5 nitrogen and oxygen atoms in total. The highest BCUT2D eigenvalue weighted by atomic mass is 32.2. The largest absolute Gasteiger partial charge is 0.354 e. The summed E-state index contributed by atoms with van der Waals surface area (Å²) in [4.78, 5) is 14.4. The summed E-state index contributed by atoms with van der Waals surface area (Å²) < 4.78 is 22.9. The van der Waals surface area contributed by atoms with E-state index in [1.807, 2.05) is 0 Å². The Hall–Kier alpha value is -0.620. The Balaban J connectivity index is 1.91. The molecule has 1 atom stereocenters. The number of carbonyl (C=O) groups is 1. The third-order valence-corrected chi connectivity index (χ3v) is 6.70. The molecule has 1 aliphatic heterocycles. The predicted molar refractivity (Wildman–Crippen MR) is 79.3 cm³/mol. The zero-order valence-corrected chi connectivity index (χ0v) is 13.3. The smallest absolute Gasteiger partial charge is 0.224 e. The fraction of sp³-hybridized carbons (Fsp3) is 0.929. The lowest BCUT2D eigenvalue weighted by molar-refractivity contribution is -0.125. The van der Waals surface area contributed by atoms with E-state index in [1.54, 1.807) is 0 Å². The maximum atomic E-state index is 12.1. The van der Waals surface area contributed by atoms with Crippen molar-refractivity contribution in [3.05, 3.63) is 0 Å². The summed E-state index contributed by atoms with van der Waals surface area (Å²) in [7, 11) is 1.15. The Kier molecular flexibility index (Phi) is 4.74. The van der Waals surface area contributed by atoms with Gasteiger partial charge in [0.2, 0.25) is 5.91 Å². The number of sulfone groups is 1. The van der Waals surface area contributed by atoms with Crippen LogP contribution in [-0.4, -0.2) is 56.9 Å². The summed E-state index contributed by atoms with van der Waals surface area (Å²) in [5, 5.41) is 3.01. The summed E-state index contributed by atoms with van der Waals surface area (Å²) in [5.74, 6) is -0.252. The molecule has 2 aliphatic rings. The first-order chi connectivity index (χ1) is 9.35. The van der Waals surface area contributed by atoms with Crippen molar-refractivity contribution in [3.8, 4) is 0 Å². The number of likely N-dealkylation sites (N-methyl/N-ethyl adjacent to an activating group) is 1. The van der Waals surface area contributed by atoms with E-state index < -0.39 is 9.84 Å². The molecule has 0 aromatic carbocycles. The molecule has 0 spiro atoms. The monoisotopic (exact) mass is 302 g/mol. The first-order valence-corrected chi connectivity index (χ1v) is 9.32. The molecular formula is C14H26N2O3S. The molecule has 2 rings (SSSR count). The number of hydrogen-bond acceptors (Lipinski definition) is 4. The highest BCUT2D eigenvalue weighted by Crippen LogP contribution is 2.31. The molecule has 1 N–H and O–H groups in total. The molecule has 1 saturated heterocycles. The number of nitrogens with zero attached hydrogens (tertiary/aromatic N) is 1. The molecule has 0 radical (unpaired) electrons. The third-order valence-electron chi connectivity index (χ3n) is 4.93. The van der Waals surface area contributed by atoms with Gasteiger partial charge in [0, 0.05) is 12.1 Å². The number of hydrogen-bond donors (Lipinski definition) is 1. The van der Waals surface area contributed by atoms with Gasteiger partial charge in [-0.3, -0.25) is 4.79 Å². The Bertz CT molecular complexity index is 453. The molecule has 1 aliphatic carbocycles. The highest BCUT2D eigenvalue weighted by molar-refractivity contribution is 7.91. The molecular weight excluding hydrogens is 276 g/mol. The van der Waals surface area contributed by atoms with Gasteiger partial charge in [-0.15, -0.1) is 0 Å². The van der Waals surface area contributed by atoms with Gasteiger partial charge in [0.1, 0.15) is 0 Å². The lowest BCUT2D eigenvalue weighted by atomic mass is 9.80. The van der Waals surface area contributed by atoms with Crippen LogP contribution in [0, 0.1) is 5.92 Å². The summed E-state index contributed by atoms with van der Waals surface area (Å²) in [5.41, 5.74) is 0.0470. The van der Waals surface area contributed by atoms with Gasteiger partial charge in [0.25, 0.3) is 0 Å². The highest BCUT2D eigenvalue weighted by Gasteiger charge is 2.37. The number of carbonyl (C=O) groups excluding carboxylic acids is 1. The van der Waals surface area contributed by atoms with Gasteiger partial charge >= 0.3 is 0 Å². The summed E-state index contributed by atoms with van der Waals surface area (Å²) >= 11 is 0. The van der Waals surface area contributed by atoms with Gasteiger partial charge < -0.3 is 10.2 Å². The van der Waals surface area contributed by atoms with Gasteiger partial charge in [-0.25, -0.2) is 8.42 Å². The van der Waals surface area contributed by atoms with E-state index in [9.17, 15) is 13.2 Å². The van der Waals surface area contributed by atoms with Crippen molar-refractivity contribution in [3.63, 3.8) is 0 Å². The van der Waals surface area contributed by atoms with Crippen molar-refractivity contribution in [1.29, 1.82) is 0 Å². The van der Waals surface area contributed by atoms with Gasteiger partial charge in [-0.1, -0.05) is 19.3 Å². The molecule has 0 bridgehead atoms. The molecule has 1 saturated carbocycles. The molecule has 2 fully saturated rings. The molecule has 1 amide bonds. The van der Waals surface area contributed by atoms with Crippen molar-refractivity contribution in [2.75, 3.05) is 32.1 Å². The molecule has 1 heterocycles. The summed E-state index contributed by atoms with van der Waals surface area (Å²) in [6.45, 7) is 0.634. The van der Waals surface area contributed by atoms with Gasteiger partial charge in [-0.2, -0.15) is 0 Å². The standard InChI is InChI=1S/C14H26N2O3S/c1-16(2)14(7-4-3-5-8-14)11-15-13(17)12-6-9-20(18,19)10-12/h12H,3-11H2,1-2H3,(H,15,17)/t12-/m1/s1. The first kappa shape index (κ1) is 15.8. The Morgan fingerprint density at radius 2 is 1.90 bits per heavy atom. The van der Waals surface area contributed by atoms with Crippen LogP contribution >= 0.6 is 0 Å². The molecule has 20 heavy (non-hydrogen) atoms. The molecule has 0 aromatic heterocycles. The van der Waals surface area contributed by atoms with Crippen molar-refractivity contribution in [2.24, 2.45) is 5.92 Å². The predicted octanol–water partition coefficient (Wildman–Crippen LogP) is 0.802. The second-order valence-corrected chi connectivity index (χ2v) is 8.73. The van der Waals surface area contributed by atoms with Crippen LogP contribution in [-0.2, 0) is 14.6 Å². The molecule has 116 valence electrons. The second kappa shape index (κ2) is 6.02. The number of nitrogens with one attached hydrogen (secondary N) is 1. The van der Waals surface area contributed by atoms with E-state index in [2.05, 4.69) is 24.3 Å². The summed E-state index contributed by atoms with van der Waals surface area (Å²) in [6.07, 6.45) is 6.34. The van der Waals surface area contributed by atoms with Crippen molar-refractivity contribution >= 4 is 15.7 Å². The average molecular weight is 302 g/mol. The first-order valence-electron chi connectivity index (χ1n) is 7.50. The maximum absolute atomic E-state index is 12.1. The second-order valence-electron chi connectivity index (χ2n) is 6.50. The number of amides is 1. The van der Waals surface area contributed by atoms with Crippen molar-refractivity contribution in [2.45, 2.75) is 44.1 Å². The van der Waals surface area contributed by atoms with Gasteiger partial charge in [0.05, 0.1) is 17.4 Å². The molecule has 0 aromatic rings. The van der Waals surface area contributed by atoms with E-state index in [0.717, 1.165) is 12.8 Å². The van der Waals surface area contributed by atoms with Gasteiger partial charge in [-0.05, 0) is 33.4 Å². The Morgan fingerprint density at radius 3 is 2.40 bits per heavy atom. The summed E-state index contributed by atoms with van der Waals surface area (Å²) in [6, 6.07) is 0. The van der Waals surface area contributed by atoms with Crippen LogP contribution in [0.25, 0.3) is 0 Å². The number of rotatable bonds is 4. The van der Waals surface area contributed by atoms with Crippen LogP contribution in [0.2, 0.25) is 0 Å². The Labute approximate surface area is 122 Å². The quantitative estimate of drug-likeness (QED) is 0.834. The van der Waals surface area contributed by atoms with Crippen molar-refractivity contribution < 1.29 is 13.2 Å². The zero-order valence-electron chi connectivity index (χ0n) is 12.5. The fourth-order valence-corrected chi connectivity index (χ4v) is 5.13. The van der Waals surface area contributed by atoms with Gasteiger partial charge in [0.15, 0.2) is 9.84 Å². The van der Waals surface area contributed by atoms with E-state index >= 15 is 0 Å². The van der Waals surface area contributed by atoms with Crippen LogP contribution in [0.1, 0.15) is 38.5 Å². The third kappa shape index (κ3) is 3.52. The zero-order chi connectivity index (χ0) is 14.8. The van der Waals surface area contributed by atoms with Crippen LogP contribution in [0.4, 0.5) is 0 Å². The fourth-order valence-electron chi connectivity index (χ4n) is 3.39. The average Bonchev–Trinajstić information content (AvgIpc) is 2.77. The van der Waals surface area contributed by atoms with E-state index in [-0.39, 0.29) is 28.9 Å². The minimum atomic E-state index is -2.99. The van der Waals surface area contributed by atoms with Crippen LogP contribution in [0.5, 0.6) is 0 Å². The SMILES string of the molecule is CN(C)C1(CNC(=O)[C@@H]2CCS(=O)(=O)C2)CCCCC1. The topological polar surface area (TPSA) is 66.5 Å². The van der Waals surface area contributed by atoms with Crippen molar-refractivity contribution in [1.82, 2.24) is 10.2 Å². The minimum absolute atomic E-state index is 0.0216. The molecule has 0 unspecified atom stereocenters. The normalized spacial score (nSPS) is 28.4. The Morgan fingerprint density at radius 1 is 1.25 bits per heavy atom. The van der Waals surface area contributed by atoms with Crippen LogP contribution in [0.15, 0.2) is 0 Å². The molecule has 6 heteroatoms. The lowest BCUT2D eigenvalue weighted by Gasteiger charge is -2.43. The van der Waals surface area contributed by atoms with Crippen LogP contribution < -0.4 is 5.32 Å². The van der Waals surface area contributed by atoms with E-state index in [0.29, 0.717) is 13.0 Å². The lowest BCUT2D eigenvalue weighted by Crippen LogP contribution is -2.54.